The lowest BCUT2D eigenvalue weighted by Crippen LogP contribution is -2.24. The van der Waals surface area contributed by atoms with Gasteiger partial charge in [0.25, 0.3) is 0 Å². The maximum absolute atomic E-state index is 14.9. The van der Waals surface area contributed by atoms with E-state index < -0.39 is 0 Å². The number of hydrogen-bond acceptors (Lipinski definition) is 1. The zero-order chi connectivity index (χ0) is 24.2. The number of halogens is 1. The molecule has 3 heteroatoms. The summed E-state index contributed by atoms with van der Waals surface area (Å²) in [5.41, 5.74) is 5.66. The molecule has 33 heavy (non-hydrogen) atoms. The van der Waals surface area contributed by atoms with E-state index in [4.69, 9.17) is 4.74 Å². The van der Waals surface area contributed by atoms with Crippen LogP contribution >= 0.6 is 8.58 Å². The van der Waals surface area contributed by atoms with Crippen molar-refractivity contribution in [2.24, 2.45) is 0 Å². The number of aryl methyl sites for hydroxylation is 2. The van der Waals surface area contributed by atoms with Gasteiger partial charge in [-0.3, -0.25) is 0 Å². The molecule has 0 N–H and O–H groups in total. The fourth-order valence-electron chi connectivity index (χ4n) is 4.41. The summed E-state index contributed by atoms with van der Waals surface area (Å²) in [6.07, 6.45) is 1.99. The van der Waals surface area contributed by atoms with Gasteiger partial charge < -0.3 is 4.74 Å². The van der Waals surface area contributed by atoms with E-state index in [2.05, 4.69) is 65.8 Å². The second-order valence-corrected chi connectivity index (χ2v) is 12.3. The molecule has 3 aromatic carbocycles. The quantitative estimate of drug-likeness (QED) is 0.304. The Morgan fingerprint density at radius 2 is 1.52 bits per heavy atom. The summed E-state index contributed by atoms with van der Waals surface area (Å²) in [6, 6.07) is 20.5. The zero-order valence-corrected chi connectivity index (χ0v) is 22.2. The van der Waals surface area contributed by atoms with Crippen LogP contribution in [0.1, 0.15) is 75.3 Å². The third kappa shape index (κ3) is 6.24. The normalized spacial score (nSPS) is 13.9. The van der Waals surface area contributed by atoms with E-state index in [0.29, 0.717) is 15.2 Å². The maximum Gasteiger partial charge on any atom is 0.130 e. The summed E-state index contributed by atoms with van der Waals surface area (Å²) in [7, 11) is 0.316. The second-order valence-electron chi connectivity index (χ2n) is 10.4. The Labute approximate surface area is 201 Å². The van der Waals surface area contributed by atoms with Crippen LogP contribution in [0.25, 0.3) is 0 Å². The van der Waals surface area contributed by atoms with Crippen LogP contribution < -0.4 is 10.0 Å². The molecular formula is C30H38FOP. The first-order valence-electron chi connectivity index (χ1n) is 11.9. The van der Waals surface area contributed by atoms with Gasteiger partial charge >= 0.3 is 0 Å². The van der Waals surface area contributed by atoms with Gasteiger partial charge in [-0.2, -0.15) is 0 Å². The lowest BCUT2D eigenvalue weighted by atomic mass is 9.81. The van der Waals surface area contributed by atoms with Crippen LogP contribution in [0.5, 0.6) is 5.75 Å². The Morgan fingerprint density at radius 3 is 2.12 bits per heavy atom. The van der Waals surface area contributed by atoms with E-state index in [9.17, 15) is 4.39 Å². The number of ether oxygens (including phenoxy) is 1. The monoisotopic (exact) mass is 464 g/mol. The first-order valence-corrected chi connectivity index (χ1v) is 12.9. The molecule has 1 nitrogen and oxygen atoms in total. The second kappa shape index (κ2) is 10.4. The summed E-state index contributed by atoms with van der Waals surface area (Å²) in [5.74, 6) is 0.860. The molecule has 176 valence electrons. The van der Waals surface area contributed by atoms with Gasteiger partial charge in [0.05, 0.1) is 0 Å². The predicted octanol–water partition coefficient (Wildman–Crippen LogP) is 8.34. The molecule has 0 heterocycles. The Bertz CT molecular complexity index is 1080. The standard InChI is InChI=1S/C30H38FOP/c1-8-16-30(7,33-27-15-14-21(2)19-26(27)31)25-18-22(3)17-24(29(4,5)6)28(25)32-20-23-12-10-9-11-13-23/h9-15,17-19,33H,8,16,20H2,1-7H3. The molecule has 0 fully saturated rings. The molecule has 0 aliphatic carbocycles. The summed E-state index contributed by atoms with van der Waals surface area (Å²) in [6.45, 7) is 15.8. The Kier molecular flexibility index (Phi) is 8.01. The minimum atomic E-state index is -0.219. The van der Waals surface area contributed by atoms with E-state index in [0.717, 1.165) is 35.0 Å². The van der Waals surface area contributed by atoms with Crippen molar-refractivity contribution in [1.82, 2.24) is 0 Å². The molecule has 0 amide bonds. The smallest absolute Gasteiger partial charge is 0.130 e. The lowest BCUT2D eigenvalue weighted by Gasteiger charge is -2.35. The first kappa shape index (κ1) is 25.4. The van der Waals surface area contributed by atoms with Gasteiger partial charge in [0.15, 0.2) is 0 Å². The SMILES string of the molecule is CCCC(C)(Pc1ccc(C)cc1F)c1cc(C)cc(C(C)(C)C)c1OCc1ccccc1. The number of hydrogen-bond donors (Lipinski definition) is 0. The van der Waals surface area contributed by atoms with Gasteiger partial charge in [0.1, 0.15) is 18.2 Å². The Balaban J connectivity index is 2.14. The van der Waals surface area contributed by atoms with Crippen molar-refractivity contribution >= 4 is 13.9 Å². The van der Waals surface area contributed by atoms with Crippen LogP contribution in [0, 0.1) is 19.7 Å². The third-order valence-corrected chi connectivity index (χ3v) is 7.89. The van der Waals surface area contributed by atoms with Crippen LogP contribution in [-0.4, -0.2) is 0 Å². The summed E-state index contributed by atoms with van der Waals surface area (Å²) < 4.78 is 21.6. The fourth-order valence-corrected chi connectivity index (χ4v) is 6.06. The molecule has 3 rings (SSSR count). The third-order valence-electron chi connectivity index (χ3n) is 6.15. The van der Waals surface area contributed by atoms with Crippen LogP contribution in [0.4, 0.5) is 4.39 Å². The minimum absolute atomic E-state index is 0.0713. The van der Waals surface area contributed by atoms with Crippen molar-refractivity contribution in [3.05, 3.63) is 94.3 Å². The van der Waals surface area contributed by atoms with Gasteiger partial charge in [-0.15, -0.1) is 0 Å². The molecular weight excluding hydrogens is 426 g/mol. The van der Waals surface area contributed by atoms with Crippen molar-refractivity contribution in [3.63, 3.8) is 0 Å². The fraction of sp³-hybridized carbons (Fsp3) is 0.400. The zero-order valence-electron chi connectivity index (χ0n) is 21.2. The lowest BCUT2D eigenvalue weighted by molar-refractivity contribution is 0.290. The molecule has 0 radical (unpaired) electrons. The van der Waals surface area contributed by atoms with Gasteiger partial charge in [-0.1, -0.05) is 110 Å². The number of rotatable bonds is 8. The van der Waals surface area contributed by atoms with E-state index in [-0.39, 0.29) is 16.4 Å². The number of benzene rings is 3. The Morgan fingerprint density at radius 1 is 0.848 bits per heavy atom. The predicted molar refractivity (Wildman–Crippen MR) is 142 cm³/mol. The topological polar surface area (TPSA) is 9.23 Å². The molecule has 3 aromatic rings. The highest BCUT2D eigenvalue weighted by Crippen LogP contribution is 2.51. The first-order chi connectivity index (χ1) is 15.5. The molecule has 0 spiro atoms. The van der Waals surface area contributed by atoms with Crippen LogP contribution in [0.2, 0.25) is 0 Å². The molecule has 0 bridgehead atoms. The molecule has 0 aliphatic heterocycles. The highest BCUT2D eigenvalue weighted by Gasteiger charge is 2.34. The van der Waals surface area contributed by atoms with Crippen LogP contribution in [0.3, 0.4) is 0 Å². The minimum Gasteiger partial charge on any atom is -0.488 e. The highest BCUT2D eigenvalue weighted by molar-refractivity contribution is 7.48. The average molecular weight is 465 g/mol. The van der Waals surface area contributed by atoms with Crippen molar-refractivity contribution in [2.45, 2.75) is 78.5 Å². The van der Waals surface area contributed by atoms with E-state index in [1.807, 2.05) is 37.3 Å². The van der Waals surface area contributed by atoms with Crippen molar-refractivity contribution in [3.8, 4) is 5.75 Å². The van der Waals surface area contributed by atoms with Crippen molar-refractivity contribution in [1.29, 1.82) is 0 Å². The van der Waals surface area contributed by atoms with E-state index >= 15 is 0 Å². The summed E-state index contributed by atoms with van der Waals surface area (Å²) in [5, 5.41) is 0.576. The van der Waals surface area contributed by atoms with Crippen LogP contribution in [-0.2, 0) is 17.2 Å². The highest BCUT2D eigenvalue weighted by atomic mass is 31.1. The van der Waals surface area contributed by atoms with Gasteiger partial charge in [-0.25, -0.2) is 4.39 Å². The van der Waals surface area contributed by atoms with E-state index in [1.54, 1.807) is 6.07 Å². The largest absolute Gasteiger partial charge is 0.488 e. The van der Waals surface area contributed by atoms with Crippen molar-refractivity contribution < 1.29 is 9.13 Å². The molecule has 0 aromatic heterocycles. The molecule has 0 aliphatic rings. The summed E-state index contributed by atoms with van der Waals surface area (Å²) in [4.78, 5) is 0. The molecule has 2 atom stereocenters. The molecule has 0 saturated heterocycles. The van der Waals surface area contributed by atoms with Gasteiger partial charge in [0.2, 0.25) is 0 Å². The molecule has 2 unspecified atom stereocenters. The van der Waals surface area contributed by atoms with E-state index in [1.165, 1.54) is 16.7 Å². The van der Waals surface area contributed by atoms with Gasteiger partial charge in [0, 0.05) is 21.6 Å². The van der Waals surface area contributed by atoms with Crippen molar-refractivity contribution in [2.75, 3.05) is 0 Å². The average Bonchev–Trinajstić information content (AvgIpc) is 2.74. The summed E-state index contributed by atoms with van der Waals surface area (Å²) >= 11 is 0. The molecule has 0 saturated carbocycles. The Hall–Kier alpha value is -2.18. The van der Waals surface area contributed by atoms with Crippen LogP contribution in [0.15, 0.2) is 60.7 Å². The maximum atomic E-state index is 14.9. The van der Waals surface area contributed by atoms with Gasteiger partial charge in [-0.05, 0) is 42.9 Å².